The summed E-state index contributed by atoms with van der Waals surface area (Å²) < 4.78 is 4.96. The van der Waals surface area contributed by atoms with Crippen LogP contribution in [-0.2, 0) is 9.53 Å². The standard InChI is InChI=1S/C16H25ClN4O2.HI/c1-4-18-16(20-9-10-23-3)19-8-7-15(22)21-14-6-5-12(2)11-13(14)17;/h5-6,11H,4,7-10H2,1-3H3,(H,21,22)(H2,18,19,20);1H. The van der Waals surface area contributed by atoms with Gasteiger partial charge in [-0.15, -0.1) is 24.0 Å². The third kappa shape index (κ3) is 9.29. The van der Waals surface area contributed by atoms with Crippen molar-refractivity contribution in [3.63, 3.8) is 0 Å². The number of methoxy groups -OCH3 is 1. The van der Waals surface area contributed by atoms with Crippen molar-refractivity contribution in [3.8, 4) is 0 Å². The minimum atomic E-state index is -0.101. The lowest BCUT2D eigenvalue weighted by Crippen LogP contribution is -2.39. The first-order chi connectivity index (χ1) is 11.1. The van der Waals surface area contributed by atoms with Crippen molar-refractivity contribution in [3.05, 3.63) is 28.8 Å². The van der Waals surface area contributed by atoms with Crippen molar-refractivity contribution < 1.29 is 9.53 Å². The Morgan fingerprint density at radius 3 is 2.71 bits per heavy atom. The van der Waals surface area contributed by atoms with Gasteiger partial charge in [0.25, 0.3) is 0 Å². The van der Waals surface area contributed by atoms with E-state index in [4.69, 9.17) is 16.3 Å². The molecule has 1 aromatic rings. The molecule has 0 fully saturated rings. The summed E-state index contributed by atoms with van der Waals surface area (Å²) in [6.07, 6.45) is 0.318. The van der Waals surface area contributed by atoms with Crippen molar-refractivity contribution in [2.24, 2.45) is 4.99 Å². The molecule has 0 spiro atoms. The second-order valence-electron chi connectivity index (χ2n) is 4.96. The Hall–Kier alpha value is -1.06. The van der Waals surface area contributed by atoms with Gasteiger partial charge in [-0.2, -0.15) is 0 Å². The summed E-state index contributed by atoms with van der Waals surface area (Å²) in [5.41, 5.74) is 1.68. The van der Waals surface area contributed by atoms with Crippen molar-refractivity contribution in [2.75, 3.05) is 38.7 Å². The van der Waals surface area contributed by atoms with Crippen molar-refractivity contribution >= 4 is 53.1 Å². The number of nitrogens with one attached hydrogen (secondary N) is 3. The zero-order chi connectivity index (χ0) is 17.1. The molecule has 0 bridgehead atoms. The van der Waals surface area contributed by atoms with Crippen LogP contribution in [0.15, 0.2) is 23.2 Å². The number of ether oxygens (including phenoxy) is 1. The number of aryl methyl sites for hydroxylation is 1. The number of amides is 1. The van der Waals surface area contributed by atoms with Gasteiger partial charge in [-0.3, -0.25) is 9.79 Å². The van der Waals surface area contributed by atoms with Crippen LogP contribution in [0.2, 0.25) is 5.02 Å². The average molecular weight is 469 g/mol. The predicted molar refractivity (Wildman–Crippen MR) is 111 cm³/mol. The van der Waals surface area contributed by atoms with Crippen LogP contribution in [0.3, 0.4) is 0 Å². The Morgan fingerprint density at radius 1 is 1.33 bits per heavy atom. The molecule has 6 nitrogen and oxygen atoms in total. The lowest BCUT2D eigenvalue weighted by molar-refractivity contribution is -0.116. The fraction of sp³-hybridized carbons (Fsp3) is 0.500. The van der Waals surface area contributed by atoms with E-state index < -0.39 is 0 Å². The number of halogens is 2. The van der Waals surface area contributed by atoms with E-state index in [0.29, 0.717) is 42.8 Å². The van der Waals surface area contributed by atoms with Crippen LogP contribution in [0.4, 0.5) is 5.69 Å². The van der Waals surface area contributed by atoms with Gasteiger partial charge in [0.2, 0.25) is 5.91 Å². The van der Waals surface area contributed by atoms with Crippen LogP contribution >= 0.6 is 35.6 Å². The molecule has 0 saturated carbocycles. The molecule has 0 atom stereocenters. The molecule has 0 aromatic heterocycles. The van der Waals surface area contributed by atoms with Gasteiger partial charge < -0.3 is 20.7 Å². The zero-order valence-corrected chi connectivity index (χ0v) is 17.4. The second-order valence-corrected chi connectivity index (χ2v) is 5.37. The maximum Gasteiger partial charge on any atom is 0.226 e. The van der Waals surface area contributed by atoms with Crippen LogP contribution in [0.25, 0.3) is 0 Å². The Balaban J connectivity index is 0.00000529. The monoisotopic (exact) mass is 468 g/mol. The normalized spacial score (nSPS) is 10.8. The highest BCUT2D eigenvalue weighted by atomic mass is 127. The molecule has 0 heterocycles. The smallest absolute Gasteiger partial charge is 0.226 e. The van der Waals surface area contributed by atoms with Crippen LogP contribution in [-0.4, -0.2) is 45.2 Å². The minimum Gasteiger partial charge on any atom is -0.383 e. The first kappa shape index (κ1) is 22.9. The van der Waals surface area contributed by atoms with Crippen LogP contribution in [0.5, 0.6) is 0 Å². The van der Waals surface area contributed by atoms with Crippen molar-refractivity contribution in [1.29, 1.82) is 0 Å². The first-order valence-electron chi connectivity index (χ1n) is 7.64. The van der Waals surface area contributed by atoms with Gasteiger partial charge in [-0.1, -0.05) is 17.7 Å². The summed E-state index contributed by atoms with van der Waals surface area (Å²) in [5.74, 6) is 0.571. The fourth-order valence-electron chi connectivity index (χ4n) is 1.82. The Bertz CT molecular complexity index is 541. The number of carbonyl (C=O) groups is 1. The molecular weight excluding hydrogens is 443 g/mol. The van der Waals surface area contributed by atoms with E-state index in [-0.39, 0.29) is 29.9 Å². The summed E-state index contributed by atoms with van der Waals surface area (Å²) >= 11 is 6.10. The lowest BCUT2D eigenvalue weighted by Gasteiger charge is -2.12. The molecule has 0 radical (unpaired) electrons. The van der Waals surface area contributed by atoms with E-state index >= 15 is 0 Å². The molecule has 3 N–H and O–H groups in total. The highest BCUT2D eigenvalue weighted by molar-refractivity contribution is 14.0. The topological polar surface area (TPSA) is 74.8 Å². The number of hydrogen-bond donors (Lipinski definition) is 3. The molecule has 8 heteroatoms. The summed E-state index contributed by atoms with van der Waals surface area (Å²) in [6, 6.07) is 5.53. The summed E-state index contributed by atoms with van der Waals surface area (Å²) in [4.78, 5) is 16.3. The summed E-state index contributed by atoms with van der Waals surface area (Å²) in [7, 11) is 1.64. The van der Waals surface area contributed by atoms with Crippen LogP contribution in [0, 0.1) is 6.92 Å². The molecule has 136 valence electrons. The predicted octanol–water partition coefficient (Wildman–Crippen LogP) is 2.80. The number of benzene rings is 1. The van der Waals surface area contributed by atoms with E-state index in [1.807, 2.05) is 26.0 Å². The SMILES string of the molecule is CCNC(=NCCOC)NCCC(=O)Nc1ccc(C)cc1Cl.I. The number of nitrogens with zero attached hydrogens (tertiary/aromatic N) is 1. The molecular formula is C16H26ClIN4O2. The lowest BCUT2D eigenvalue weighted by atomic mass is 10.2. The van der Waals surface area contributed by atoms with Gasteiger partial charge in [-0.05, 0) is 31.5 Å². The number of rotatable bonds is 8. The molecule has 1 aromatic carbocycles. The molecule has 1 rings (SSSR count). The van der Waals surface area contributed by atoms with E-state index in [1.165, 1.54) is 0 Å². The zero-order valence-electron chi connectivity index (χ0n) is 14.3. The number of hydrogen-bond acceptors (Lipinski definition) is 3. The van der Waals surface area contributed by atoms with Gasteiger partial charge >= 0.3 is 0 Å². The molecule has 24 heavy (non-hydrogen) atoms. The van der Waals surface area contributed by atoms with Gasteiger partial charge in [0.05, 0.1) is 23.9 Å². The number of guanidine groups is 1. The van der Waals surface area contributed by atoms with E-state index in [0.717, 1.165) is 12.1 Å². The minimum absolute atomic E-state index is 0. The van der Waals surface area contributed by atoms with Crippen molar-refractivity contribution in [1.82, 2.24) is 10.6 Å². The Labute approximate surface area is 165 Å². The van der Waals surface area contributed by atoms with Gasteiger partial charge in [0, 0.05) is 26.6 Å². The number of carbonyl (C=O) groups excluding carboxylic acids is 1. The van der Waals surface area contributed by atoms with Crippen LogP contribution in [0.1, 0.15) is 18.9 Å². The number of aliphatic imine (C=N–C) groups is 1. The van der Waals surface area contributed by atoms with E-state index in [2.05, 4.69) is 20.9 Å². The molecule has 1 amide bonds. The summed E-state index contributed by atoms with van der Waals surface area (Å²) in [5, 5.41) is 9.57. The molecule has 0 unspecified atom stereocenters. The third-order valence-electron chi connectivity index (χ3n) is 2.95. The maximum atomic E-state index is 12.0. The van der Waals surface area contributed by atoms with E-state index in [1.54, 1.807) is 13.2 Å². The molecule has 0 aliphatic rings. The van der Waals surface area contributed by atoms with Gasteiger partial charge in [-0.25, -0.2) is 0 Å². The van der Waals surface area contributed by atoms with Crippen LogP contribution < -0.4 is 16.0 Å². The van der Waals surface area contributed by atoms with Crippen molar-refractivity contribution in [2.45, 2.75) is 20.3 Å². The second kappa shape index (κ2) is 13.3. The average Bonchev–Trinajstić information content (AvgIpc) is 2.50. The first-order valence-corrected chi connectivity index (χ1v) is 8.01. The number of anilines is 1. The largest absolute Gasteiger partial charge is 0.383 e. The van der Waals surface area contributed by atoms with Gasteiger partial charge in [0.15, 0.2) is 5.96 Å². The maximum absolute atomic E-state index is 12.0. The van der Waals surface area contributed by atoms with Gasteiger partial charge in [0.1, 0.15) is 0 Å². The molecule has 0 aliphatic carbocycles. The highest BCUT2D eigenvalue weighted by Crippen LogP contribution is 2.22. The quantitative estimate of drug-likeness (QED) is 0.237. The molecule has 0 aliphatic heterocycles. The Morgan fingerprint density at radius 2 is 2.08 bits per heavy atom. The summed E-state index contributed by atoms with van der Waals surface area (Å²) in [6.45, 7) is 6.30. The fourth-order valence-corrected chi connectivity index (χ4v) is 2.10. The van der Waals surface area contributed by atoms with E-state index in [9.17, 15) is 4.79 Å². The third-order valence-corrected chi connectivity index (χ3v) is 3.27. The Kier molecular flexibility index (Phi) is 12.7. The highest BCUT2D eigenvalue weighted by Gasteiger charge is 2.06. The molecule has 0 saturated heterocycles.